The molecule has 1 aromatic carbocycles. The van der Waals surface area contributed by atoms with E-state index in [0.717, 1.165) is 6.07 Å². The molecule has 1 heterocycles. The van der Waals surface area contributed by atoms with E-state index in [0.29, 0.717) is 5.03 Å². The van der Waals surface area contributed by atoms with Crippen LogP contribution in [0.1, 0.15) is 20.7 Å². The van der Waals surface area contributed by atoms with Gasteiger partial charge in [-0.05, 0) is 18.4 Å². The lowest BCUT2D eigenvalue weighted by Gasteiger charge is -2.06. The molecule has 23 heavy (non-hydrogen) atoms. The van der Waals surface area contributed by atoms with Crippen LogP contribution >= 0.6 is 11.8 Å². The highest BCUT2D eigenvalue weighted by Gasteiger charge is 2.17. The fraction of sp³-hybridized carbons (Fsp3) is 0.133. The van der Waals surface area contributed by atoms with E-state index in [2.05, 4.69) is 4.98 Å². The fourth-order valence-electron chi connectivity index (χ4n) is 1.79. The summed E-state index contributed by atoms with van der Waals surface area (Å²) in [5, 5.41) is 11.2. The molecule has 0 unspecified atom stereocenters. The van der Waals surface area contributed by atoms with Gasteiger partial charge in [0.15, 0.2) is 6.61 Å². The van der Waals surface area contributed by atoms with Crippen molar-refractivity contribution in [3.63, 3.8) is 0 Å². The summed E-state index contributed by atoms with van der Waals surface area (Å²) in [6.07, 6.45) is 3.32. The van der Waals surface area contributed by atoms with Crippen molar-refractivity contribution < 1.29 is 19.2 Å². The number of rotatable bonds is 6. The summed E-state index contributed by atoms with van der Waals surface area (Å²) < 4.78 is 4.98. The van der Waals surface area contributed by atoms with E-state index in [-0.39, 0.29) is 16.8 Å². The average Bonchev–Trinajstić information content (AvgIpc) is 2.59. The van der Waals surface area contributed by atoms with Gasteiger partial charge in [0.05, 0.1) is 10.5 Å². The Kier molecular flexibility index (Phi) is 5.42. The second-order valence-electron chi connectivity index (χ2n) is 4.37. The number of nitrogens with zero attached hydrogens (tertiary/aromatic N) is 2. The Labute approximate surface area is 135 Å². The summed E-state index contributed by atoms with van der Waals surface area (Å²) in [7, 11) is 0. The highest BCUT2D eigenvalue weighted by atomic mass is 32.2. The maximum absolute atomic E-state index is 12.0. The van der Waals surface area contributed by atoms with Gasteiger partial charge in [-0.1, -0.05) is 12.1 Å². The van der Waals surface area contributed by atoms with Crippen LogP contribution in [0.25, 0.3) is 0 Å². The van der Waals surface area contributed by atoms with Gasteiger partial charge in [-0.3, -0.25) is 14.9 Å². The minimum absolute atomic E-state index is 0.114. The van der Waals surface area contributed by atoms with Gasteiger partial charge in [-0.25, -0.2) is 9.78 Å². The number of pyridine rings is 1. The van der Waals surface area contributed by atoms with E-state index >= 15 is 0 Å². The molecule has 0 aliphatic rings. The van der Waals surface area contributed by atoms with E-state index in [1.54, 1.807) is 24.6 Å². The van der Waals surface area contributed by atoms with E-state index in [4.69, 9.17) is 4.74 Å². The summed E-state index contributed by atoms with van der Waals surface area (Å²) in [5.41, 5.74) is 0.189. The fourth-order valence-corrected chi connectivity index (χ4v) is 2.33. The quantitative estimate of drug-likeness (QED) is 0.264. The largest absolute Gasteiger partial charge is 0.454 e. The van der Waals surface area contributed by atoms with Gasteiger partial charge in [0.1, 0.15) is 5.03 Å². The molecule has 7 nitrogen and oxygen atoms in total. The summed E-state index contributed by atoms with van der Waals surface area (Å²) >= 11 is 1.29. The molecule has 0 bridgehead atoms. The van der Waals surface area contributed by atoms with Crippen molar-refractivity contribution >= 4 is 29.2 Å². The van der Waals surface area contributed by atoms with Crippen LogP contribution < -0.4 is 0 Å². The molecular weight excluding hydrogens is 320 g/mol. The lowest BCUT2D eigenvalue weighted by molar-refractivity contribution is -0.384. The molecule has 2 aromatic rings. The highest BCUT2D eigenvalue weighted by molar-refractivity contribution is 7.98. The van der Waals surface area contributed by atoms with Crippen LogP contribution in [0, 0.1) is 10.1 Å². The molecule has 0 aliphatic carbocycles. The Morgan fingerprint density at radius 2 is 2.09 bits per heavy atom. The minimum atomic E-state index is -0.666. The van der Waals surface area contributed by atoms with Crippen molar-refractivity contribution in [2.75, 3.05) is 12.9 Å². The molecule has 2 rings (SSSR count). The Morgan fingerprint density at radius 3 is 2.78 bits per heavy atom. The number of non-ortho nitro benzene ring substituents is 1. The van der Waals surface area contributed by atoms with Gasteiger partial charge in [0.2, 0.25) is 5.78 Å². The predicted octanol–water partition coefficient (Wildman–Crippen LogP) is 2.75. The SMILES string of the molecule is CSc1ncccc1C(=O)OCC(=O)c1cccc([N+](=O)[O-])c1. The monoisotopic (exact) mass is 332 g/mol. The molecule has 8 heteroatoms. The number of thioether (sulfide) groups is 1. The van der Waals surface area contributed by atoms with Crippen molar-refractivity contribution in [3.8, 4) is 0 Å². The first-order chi connectivity index (χ1) is 11.0. The smallest absolute Gasteiger partial charge is 0.341 e. The van der Waals surface area contributed by atoms with Gasteiger partial charge >= 0.3 is 5.97 Å². The van der Waals surface area contributed by atoms with Crippen molar-refractivity contribution in [2.24, 2.45) is 0 Å². The molecule has 0 radical (unpaired) electrons. The third-order valence-corrected chi connectivity index (χ3v) is 3.61. The lowest BCUT2D eigenvalue weighted by Crippen LogP contribution is -2.15. The Bertz CT molecular complexity index is 763. The van der Waals surface area contributed by atoms with Gasteiger partial charge in [-0.2, -0.15) is 0 Å². The molecule has 118 valence electrons. The molecule has 0 amide bonds. The van der Waals surface area contributed by atoms with Crippen LogP contribution in [0.15, 0.2) is 47.6 Å². The third kappa shape index (κ3) is 4.13. The molecule has 1 aromatic heterocycles. The molecule has 0 spiro atoms. The van der Waals surface area contributed by atoms with Crippen LogP contribution in [-0.4, -0.2) is 34.5 Å². The topological polar surface area (TPSA) is 99.4 Å². The molecule has 0 N–H and O–H groups in total. The zero-order valence-corrected chi connectivity index (χ0v) is 12.9. The second-order valence-corrected chi connectivity index (χ2v) is 5.16. The number of nitro benzene ring substituents is 1. The van der Waals surface area contributed by atoms with E-state index in [9.17, 15) is 19.7 Å². The normalized spacial score (nSPS) is 10.1. The summed E-state index contributed by atoms with van der Waals surface area (Å²) in [6, 6.07) is 8.41. The number of aromatic nitrogens is 1. The zero-order valence-electron chi connectivity index (χ0n) is 12.1. The van der Waals surface area contributed by atoms with E-state index in [1.165, 1.54) is 30.0 Å². The zero-order chi connectivity index (χ0) is 16.8. The second kappa shape index (κ2) is 7.50. The maximum atomic E-state index is 12.0. The lowest BCUT2D eigenvalue weighted by atomic mass is 10.1. The number of esters is 1. The van der Waals surface area contributed by atoms with Gasteiger partial charge in [-0.15, -0.1) is 11.8 Å². The third-order valence-electron chi connectivity index (χ3n) is 2.90. The number of Topliss-reactive ketones (excluding diaryl/α,β-unsaturated/α-hetero) is 1. The van der Waals surface area contributed by atoms with Crippen LogP contribution in [-0.2, 0) is 4.74 Å². The van der Waals surface area contributed by atoms with Crippen molar-refractivity contribution in [3.05, 3.63) is 63.8 Å². The van der Waals surface area contributed by atoms with Crippen LogP contribution in [0.5, 0.6) is 0 Å². The van der Waals surface area contributed by atoms with Gasteiger partial charge < -0.3 is 4.74 Å². The predicted molar refractivity (Wildman–Crippen MR) is 83.7 cm³/mol. The Hall–Kier alpha value is -2.74. The minimum Gasteiger partial charge on any atom is -0.454 e. The molecule has 0 aliphatic heterocycles. The molecule has 0 atom stereocenters. The average molecular weight is 332 g/mol. The Morgan fingerprint density at radius 1 is 1.30 bits per heavy atom. The molecular formula is C15H12N2O5S. The number of ketones is 1. The number of benzene rings is 1. The van der Waals surface area contributed by atoms with E-state index < -0.39 is 23.3 Å². The first-order valence-corrected chi connectivity index (χ1v) is 7.69. The highest BCUT2D eigenvalue weighted by Crippen LogP contribution is 2.18. The summed E-state index contributed by atoms with van der Waals surface area (Å²) in [5.74, 6) is -1.18. The molecule has 0 saturated heterocycles. The van der Waals surface area contributed by atoms with Crippen LogP contribution in [0.3, 0.4) is 0 Å². The standard InChI is InChI=1S/C15H12N2O5S/c1-23-14-12(6-3-7-16-14)15(19)22-9-13(18)10-4-2-5-11(8-10)17(20)21/h2-8H,9H2,1H3. The van der Waals surface area contributed by atoms with Gasteiger partial charge in [0, 0.05) is 23.9 Å². The van der Waals surface area contributed by atoms with Gasteiger partial charge in [0.25, 0.3) is 5.69 Å². The van der Waals surface area contributed by atoms with Crippen molar-refractivity contribution in [1.29, 1.82) is 0 Å². The first kappa shape index (κ1) is 16.6. The number of carbonyl (C=O) groups excluding carboxylic acids is 2. The maximum Gasteiger partial charge on any atom is 0.341 e. The molecule has 0 fully saturated rings. The van der Waals surface area contributed by atoms with Crippen LogP contribution in [0.4, 0.5) is 5.69 Å². The molecule has 0 saturated carbocycles. The number of nitro groups is 1. The Balaban J connectivity index is 2.05. The number of carbonyl (C=O) groups is 2. The number of hydrogen-bond acceptors (Lipinski definition) is 7. The summed E-state index contributed by atoms with van der Waals surface area (Å²) in [6.45, 7) is -0.497. The van der Waals surface area contributed by atoms with Crippen molar-refractivity contribution in [2.45, 2.75) is 5.03 Å². The number of ether oxygens (including phenoxy) is 1. The summed E-state index contributed by atoms with van der Waals surface area (Å²) in [4.78, 5) is 38.1. The van der Waals surface area contributed by atoms with Crippen LogP contribution in [0.2, 0.25) is 0 Å². The number of hydrogen-bond donors (Lipinski definition) is 0. The van der Waals surface area contributed by atoms with Crippen molar-refractivity contribution in [1.82, 2.24) is 4.98 Å². The van der Waals surface area contributed by atoms with E-state index in [1.807, 2.05) is 0 Å². The first-order valence-electron chi connectivity index (χ1n) is 6.46.